The molecular weight excluding hydrogens is 420 g/mol. The van der Waals surface area contributed by atoms with Crippen LogP contribution in [0.3, 0.4) is 0 Å². The quantitative estimate of drug-likeness (QED) is 0.452. The van der Waals surface area contributed by atoms with Gasteiger partial charge in [0.1, 0.15) is 11.4 Å². The summed E-state index contributed by atoms with van der Waals surface area (Å²) < 4.78 is 5.98. The predicted octanol–water partition coefficient (Wildman–Crippen LogP) is 5.79. The van der Waals surface area contributed by atoms with Gasteiger partial charge in [0, 0.05) is 16.1 Å². The number of amides is 2. The first-order valence-corrected chi connectivity index (χ1v) is 11.7. The highest BCUT2D eigenvalue weighted by Gasteiger charge is 2.17. The number of carbonyl (C=O) groups is 2. The van der Waals surface area contributed by atoms with Gasteiger partial charge in [-0.2, -0.15) is 0 Å². The highest BCUT2D eigenvalue weighted by molar-refractivity contribution is 7.10. The molecule has 32 heavy (non-hydrogen) atoms. The molecule has 5 nitrogen and oxygen atoms in total. The molecule has 0 spiro atoms. The van der Waals surface area contributed by atoms with E-state index >= 15 is 0 Å². The van der Waals surface area contributed by atoms with Gasteiger partial charge < -0.3 is 15.4 Å². The molecule has 2 N–H and O–H groups in total. The average Bonchev–Trinajstić information content (AvgIpc) is 3.49. The molecule has 0 radical (unpaired) electrons. The summed E-state index contributed by atoms with van der Waals surface area (Å²) in [4.78, 5) is 26.6. The number of rotatable bonds is 7. The Balaban J connectivity index is 1.46. The van der Waals surface area contributed by atoms with Crippen molar-refractivity contribution < 1.29 is 14.3 Å². The van der Waals surface area contributed by atoms with Crippen LogP contribution in [0.25, 0.3) is 6.08 Å². The van der Waals surface area contributed by atoms with E-state index in [1.165, 1.54) is 24.2 Å². The summed E-state index contributed by atoms with van der Waals surface area (Å²) in [7, 11) is 0. The van der Waals surface area contributed by atoms with Gasteiger partial charge in [0.05, 0.1) is 6.10 Å². The summed E-state index contributed by atoms with van der Waals surface area (Å²) in [5.41, 5.74) is 2.38. The largest absolute Gasteiger partial charge is 0.490 e. The number of carbonyl (C=O) groups excluding carboxylic acids is 2. The lowest BCUT2D eigenvalue weighted by atomic mass is 10.1. The highest BCUT2D eigenvalue weighted by Crippen LogP contribution is 2.25. The van der Waals surface area contributed by atoms with Crippen molar-refractivity contribution in [3.05, 3.63) is 87.7 Å². The normalized spacial score (nSPS) is 14.2. The van der Waals surface area contributed by atoms with E-state index in [1.807, 2.05) is 60.8 Å². The van der Waals surface area contributed by atoms with Gasteiger partial charge in [0.15, 0.2) is 0 Å². The molecule has 0 aliphatic heterocycles. The molecule has 1 aliphatic rings. The van der Waals surface area contributed by atoms with Crippen LogP contribution in [0.15, 0.2) is 71.7 Å². The molecule has 0 saturated heterocycles. The zero-order valence-corrected chi connectivity index (χ0v) is 18.8. The van der Waals surface area contributed by atoms with E-state index in [1.54, 1.807) is 18.2 Å². The molecule has 0 unspecified atom stereocenters. The Hall–Kier alpha value is -3.38. The average molecular weight is 447 g/mol. The Morgan fingerprint density at radius 3 is 2.38 bits per heavy atom. The zero-order valence-electron chi connectivity index (χ0n) is 18.0. The molecule has 0 atom stereocenters. The van der Waals surface area contributed by atoms with Crippen molar-refractivity contribution in [2.75, 3.05) is 5.32 Å². The van der Waals surface area contributed by atoms with E-state index in [9.17, 15) is 9.59 Å². The SMILES string of the molecule is Cc1ccc(C(=O)N/C(=C\c2cccs2)C(=O)Nc2ccc(OC3CCCC3)cc2)cc1. The predicted molar refractivity (Wildman–Crippen MR) is 129 cm³/mol. The van der Waals surface area contributed by atoms with E-state index in [4.69, 9.17) is 4.74 Å². The molecule has 0 bridgehead atoms. The molecule has 4 rings (SSSR count). The fourth-order valence-corrected chi connectivity index (χ4v) is 4.24. The van der Waals surface area contributed by atoms with E-state index in [0.717, 1.165) is 29.0 Å². The maximum atomic E-state index is 13.0. The van der Waals surface area contributed by atoms with Gasteiger partial charge in [-0.05, 0) is 86.5 Å². The van der Waals surface area contributed by atoms with E-state index in [0.29, 0.717) is 11.3 Å². The molecule has 2 aromatic carbocycles. The van der Waals surface area contributed by atoms with Crippen LogP contribution in [0.4, 0.5) is 5.69 Å². The van der Waals surface area contributed by atoms with Crippen LogP contribution >= 0.6 is 11.3 Å². The van der Waals surface area contributed by atoms with Crippen LogP contribution in [0.5, 0.6) is 5.75 Å². The maximum Gasteiger partial charge on any atom is 0.272 e. The third kappa shape index (κ3) is 5.86. The van der Waals surface area contributed by atoms with Gasteiger partial charge in [0.2, 0.25) is 0 Å². The van der Waals surface area contributed by atoms with Gasteiger partial charge >= 0.3 is 0 Å². The molecule has 1 saturated carbocycles. The minimum atomic E-state index is -0.386. The summed E-state index contributed by atoms with van der Waals surface area (Å²) in [5.74, 6) is 0.0866. The lowest BCUT2D eigenvalue weighted by molar-refractivity contribution is -0.113. The second kappa shape index (κ2) is 10.3. The van der Waals surface area contributed by atoms with Crippen molar-refractivity contribution in [2.45, 2.75) is 38.7 Å². The van der Waals surface area contributed by atoms with Crippen molar-refractivity contribution >= 4 is 34.9 Å². The van der Waals surface area contributed by atoms with Crippen molar-refractivity contribution in [1.29, 1.82) is 0 Å². The minimum Gasteiger partial charge on any atom is -0.490 e. The Bertz CT molecular complexity index is 1080. The van der Waals surface area contributed by atoms with Crippen LogP contribution < -0.4 is 15.4 Å². The lowest BCUT2D eigenvalue weighted by Gasteiger charge is -2.14. The van der Waals surface area contributed by atoms with Crippen molar-refractivity contribution in [2.24, 2.45) is 0 Å². The standard InChI is InChI=1S/C26H26N2O3S/c1-18-8-10-19(11-9-18)25(29)28-24(17-23-7-4-16-32-23)26(30)27-20-12-14-22(15-13-20)31-21-5-2-3-6-21/h4,7-17,21H,2-3,5-6H2,1H3,(H,27,30)(H,28,29)/b24-17-. The number of aryl methyl sites for hydroxylation is 1. The van der Waals surface area contributed by atoms with Crippen molar-refractivity contribution in [3.63, 3.8) is 0 Å². The Kier molecular flexibility index (Phi) is 7.02. The molecule has 1 aliphatic carbocycles. The van der Waals surface area contributed by atoms with Gasteiger partial charge in [0.25, 0.3) is 11.8 Å². The highest BCUT2D eigenvalue weighted by atomic mass is 32.1. The van der Waals surface area contributed by atoms with Crippen LogP contribution in [0, 0.1) is 6.92 Å². The summed E-state index contributed by atoms with van der Waals surface area (Å²) in [6.07, 6.45) is 6.59. The lowest BCUT2D eigenvalue weighted by Crippen LogP contribution is -2.30. The number of thiophene rings is 1. The first kappa shape index (κ1) is 21.8. The number of hydrogen-bond acceptors (Lipinski definition) is 4. The van der Waals surface area contributed by atoms with E-state index < -0.39 is 0 Å². The van der Waals surface area contributed by atoms with Gasteiger partial charge in [-0.3, -0.25) is 9.59 Å². The summed E-state index contributed by atoms with van der Waals surface area (Å²) in [5, 5.41) is 7.55. The molecule has 1 fully saturated rings. The number of nitrogens with one attached hydrogen (secondary N) is 2. The molecular formula is C26H26N2O3S. The first-order valence-electron chi connectivity index (χ1n) is 10.8. The number of benzene rings is 2. The molecule has 164 valence electrons. The zero-order chi connectivity index (χ0) is 22.3. The fraction of sp³-hybridized carbons (Fsp3) is 0.231. The van der Waals surface area contributed by atoms with Crippen LogP contribution in [-0.2, 0) is 4.79 Å². The van der Waals surface area contributed by atoms with Gasteiger partial charge in [-0.15, -0.1) is 11.3 Å². The number of ether oxygens (including phenoxy) is 1. The monoisotopic (exact) mass is 446 g/mol. The molecule has 3 aromatic rings. The maximum absolute atomic E-state index is 13.0. The van der Waals surface area contributed by atoms with Gasteiger partial charge in [-0.1, -0.05) is 23.8 Å². The van der Waals surface area contributed by atoms with Crippen LogP contribution in [0.2, 0.25) is 0 Å². The molecule has 2 amide bonds. The van der Waals surface area contributed by atoms with Crippen LogP contribution in [0.1, 0.15) is 46.5 Å². The summed E-state index contributed by atoms with van der Waals surface area (Å²) in [6.45, 7) is 1.96. The van der Waals surface area contributed by atoms with E-state index in [-0.39, 0.29) is 23.6 Å². The Morgan fingerprint density at radius 2 is 1.72 bits per heavy atom. The second-order valence-electron chi connectivity index (χ2n) is 7.90. The molecule has 6 heteroatoms. The topological polar surface area (TPSA) is 67.4 Å². The van der Waals surface area contributed by atoms with Crippen LogP contribution in [-0.4, -0.2) is 17.9 Å². The van der Waals surface area contributed by atoms with Crippen molar-refractivity contribution in [3.8, 4) is 5.75 Å². The summed E-state index contributed by atoms with van der Waals surface area (Å²) in [6, 6.07) is 18.4. The number of anilines is 1. The summed E-state index contributed by atoms with van der Waals surface area (Å²) >= 11 is 1.49. The minimum absolute atomic E-state index is 0.185. The third-order valence-electron chi connectivity index (χ3n) is 5.35. The van der Waals surface area contributed by atoms with Gasteiger partial charge in [-0.25, -0.2) is 0 Å². The molecule has 1 aromatic heterocycles. The Labute approximate surface area is 192 Å². The molecule has 1 heterocycles. The van der Waals surface area contributed by atoms with Crippen molar-refractivity contribution in [1.82, 2.24) is 5.32 Å². The smallest absolute Gasteiger partial charge is 0.272 e. The third-order valence-corrected chi connectivity index (χ3v) is 6.17. The first-order chi connectivity index (χ1) is 15.6. The second-order valence-corrected chi connectivity index (χ2v) is 8.88. The van der Waals surface area contributed by atoms with E-state index in [2.05, 4.69) is 10.6 Å². The fourth-order valence-electron chi connectivity index (χ4n) is 3.59. The Morgan fingerprint density at radius 1 is 1.00 bits per heavy atom. The number of hydrogen-bond donors (Lipinski definition) is 2.